The Kier molecular flexibility index (Phi) is 8.77. The number of benzene rings is 2. The molecule has 1 heterocycles. The molecule has 0 aromatic heterocycles. The molecule has 1 aliphatic rings. The van der Waals surface area contributed by atoms with E-state index in [4.69, 9.17) is 4.74 Å². The molecule has 30 heavy (non-hydrogen) atoms. The first-order chi connectivity index (χ1) is 14.5. The Morgan fingerprint density at radius 2 is 1.80 bits per heavy atom. The number of hydrogen-bond donors (Lipinski definition) is 2. The van der Waals surface area contributed by atoms with Crippen LogP contribution in [-0.4, -0.2) is 57.6 Å². The number of nitrogens with one attached hydrogen (secondary N) is 1. The van der Waals surface area contributed by atoms with Crippen LogP contribution in [0.5, 0.6) is 0 Å². The normalized spacial score (nSPS) is 18.6. The number of nitrogens with zero attached hydrogens (tertiary/aromatic N) is 1. The predicted octanol–water partition coefficient (Wildman–Crippen LogP) is 3.36. The van der Waals surface area contributed by atoms with Crippen LogP contribution in [-0.2, 0) is 16.1 Å². The quantitative estimate of drug-likeness (QED) is 0.513. The topological polar surface area (TPSA) is 78.9 Å². The van der Waals surface area contributed by atoms with E-state index in [2.05, 4.69) is 5.32 Å². The number of aliphatic hydroxyl groups excluding tert-OH is 1. The van der Waals surface area contributed by atoms with Gasteiger partial charge in [-0.3, -0.25) is 14.5 Å². The van der Waals surface area contributed by atoms with Gasteiger partial charge in [0.05, 0.1) is 19.3 Å². The van der Waals surface area contributed by atoms with E-state index >= 15 is 0 Å². The van der Waals surface area contributed by atoms with Crippen molar-refractivity contribution < 1.29 is 19.4 Å². The van der Waals surface area contributed by atoms with Gasteiger partial charge in [0.1, 0.15) is 0 Å². The van der Waals surface area contributed by atoms with Crippen LogP contribution in [0.4, 0.5) is 4.79 Å². The van der Waals surface area contributed by atoms with Crippen LogP contribution in [0.1, 0.15) is 12.5 Å². The van der Waals surface area contributed by atoms with Crippen molar-refractivity contribution in [3.8, 4) is 0 Å². The summed E-state index contributed by atoms with van der Waals surface area (Å²) in [7, 11) is 0. The molecule has 1 fully saturated rings. The van der Waals surface area contributed by atoms with E-state index in [0.29, 0.717) is 12.3 Å². The van der Waals surface area contributed by atoms with Crippen LogP contribution in [0.25, 0.3) is 0 Å². The van der Waals surface area contributed by atoms with E-state index in [-0.39, 0.29) is 30.3 Å². The van der Waals surface area contributed by atoms with Crippen molar-refractivity contribution in [2.24, 2.45) is 0 Å². The molecule has 0 spiro atoms. The third kappa shape index (κ3) is 6.85. The first-order valence-corrected chi connectivity index (χ1v) is 11.7. The van der Waals surface area contributed by atoms with Gasteiger partial charge in [0, 0.05) is 23.2 Å². The Labute approximate surface area is 185 Å². The molecule has 1 saturated heterocycles. The fraction of sp³-hybridized carbons (Fsp3) is 0.364. The van der Waals surface area contributed by atoms with E-state index in [1.165, 1.54) is 4.90 Å². The minimum Gasteiger partial charge on any atom is -0.391 e. The second-order valence-electron chi connectivity index (χ2n) is 7.05. The highest BCUT2D eigenvalue weighted by Crippen LogP contribution is 2.29. The number of carbonyl (C=O) groups excluding carboxylic acids is 2. The molecule has 0 saturated carbocycles. The van der Waals surface area contributed by atoms with Crippen molar-refractivity contribution in [3.63, 3.8) is 0 Å². The van der Waals surface area contributed by atoms with Crippen molar-refractivity contribution in [3.05, 3.63) is 66.2 Å². The molecule has 2 amide bonds. The largest absolute Gasteiger partial charge is 0.391 e. The molecule has 3 atom stereocenters. The molecule has 2 aromatic rings. The maximum Gasteiger partial charge on any atom is 0.291 e. The summed E-state index contributed by atoms with van der Waals surface area (Å²) < 4.78 is 5.68. The third-order valence-corrected chi connectivity index (χ3v) is 6.60. The summed E-state index contributed by atoms with van der Waals surface area (Å²) in [5.74, 6) is 0.269. The molecule has 0 radical (unpaired) electrons. The van der Waals surface area contributed by atoms with Gasteiger partial charge in [-0.05, 0) is 36.4 Å². The Hall–Kier alpha value is -1.84. The number of ether oxygens (including phenoxy) is 1. The molecule has 8 heteroatoms. The standard InChI is InChI=1S/C22H26N2O4S2/c1-16(23-12-18(25)15-29-19-10-6-3-7-11-19)14-28-21-20(26)24(22(27)30-21)13-17-8-4-2-5-9-17/h2-11,16,18,21,23,25H,12-15H2,1H3. The van der Waals surface area contributed by atoms with Gasteiger partial charge in [0.25, 0.3) is 11.1 Å². The molecular weight excluding hydrogens is 420 g/mol. The first kappa shape index (κ1) is 22.8. The van der Waals surface area contributed by atoms with Crippen molar-refractivity contribution in [1.29, 1.82) is 0 Å². The molecule has 0 aliphatic carbocycles. The molecule has 0 bridgehead atoms. The van der Waals surface area contributed by atoms with Gasteiger partial charge in [-0.1, -0.05) is 48.5 Å². The third-order valence-electron chi connectivity index (χ3n) is 4.46. The van der Waals surface area contributed by atoms with Crippen LogP contribution < -0.4 is 5.32 Å². The van der Waals surface area contributed by atoms with Crippen LogP contribution in [0.3, 0.4) is 0 Å². The minimum atomic E-state index is -0.816. The highest BCUT2D eigenvalue weighted by atomic mass is 32.2. The molecule has 6 nitrogen and oxygen atoms in total. The Balaban J connectivity index is 1.36. The molecule has 1 aliphatic heterocycles. The number of thioether (sulfide) groups is 2. The maximum absolute atomic E-state index is 12.5. The zero-order valence-electron chi connectivity index (χ0n) is 16.8. The van der Waals surface area contributed by atoms with Crippen molar-refractivity contribution in [2.75, 3.05) is 18.9 Å². The van der Waals surface area contributed by atoms with Crippen LogP contribution >= 0.6 is 23.5 Å². The lowest BCUT2D eigenvalue weighted by atomic mass is 10.2. The average Bonchev–Trinajstić information content (AvgIpc) is 3.03. The number of carbonyl (C=O) groups is 2. The van der Waals surface area contributed by atoms with Crippen molar-refractivity contribution in [2.45, 2.75) is 35.9 Å². The highest BCUT2D eigenvalue weighted by Gasteiger charge is 2.40. The summed E-state index contributed by atoms with van der Waals surface area (Å²) in [6, 6.07) is 19.3. The fourth-order valence-electron chi connectivity index (χ4n) is 2.83. The molecular formula is C22H26N2O4S2. The lowest BCUT2D eigenvalue weighted by molar-refractivity contribution is -0.134. The van der Waals surface area contributed by atoms with Gasteiger partial charge >= 0.3 is 0 Å². The monoisotopic (exact) mass is 446 g/mol. The van der Waals surface area contributed by atoms with Gasteiger partial charge < -0.3 is 15.2 Å². The second-order valence-corrected chi connectivity index (χ2v) is 9.15. The van der Waals surface area contributed by atoms with Gasteiger partial charge in [-0.25, -0.2) is 0 Å². The predicted molar refractivity (Wildman–Crippen MR) is 120 cm³/mol. The summed E-state index contributed by atoms with van der Waals surface area (Å²) in [5.41, 5.74) is 0.0851. The summed E-state index contributed by atoms with van der Waals surface area (Å²) in [6.45, 7) is 2.87. The van der Waals surface area contributed by atoms with Crippen molar-refractivity contribution in [1.82, 2.24) is 10.2 Å². The smallest absolute Gasteiger partial charge is 0.291 e. The Bertz CT molecular complexity index is 822. The van der Waals surface area contributed by atoms with Crippen LogP contribution in [0.2, 0.25) is 0 Å². The first-order valence-electron chi connectivity index (χ1n) is 9.79. The lowest BCUT2D eigenvalue weighted by Gasteiger charge is -2.19. The van der Waals surface area contributed by atoms with Gasteiger partial charge in [-0.2, -0.15) is 0 Å². The average molecular weight is 447 g/mol. The number of hydrogen-bond acceptors (Lipinski definition) is 7. The van der Waals surface area contributed by atoms with E-state index in [0.717, 1.165) is 22.2 Å². The molecule has 3 rings (SSSR count). The molecule has 2 N–H and O–H groups in total. The van der Waals surface area contributed by atoms with Crippen LogP contribution in [0.15, 0.2) is 65.6 Å². The summed E-state index contributed by atoms with van der Waals surface area (Å²) in [5, 5.41) is 13.1. The molecule has 2 aromatic carbocycles. The zero-order chi connectivity index (χ0) is 21.3. The van der Waals surface area contributed by atoms with E-state index in [9.17, 15) is 14.7 Å². The fourth-order valence-corrected chi connectivity index (χ4v) is 4.52. The van der Waals surface area contributed by atoms with E-state index < -0.39 is 11.5 Å². The van der Waals surface area contributed by atoms with Gasteiger partial charge in [0.2, 0.25) is 0 Å². The number of aliphatic hydroxyl groups is 1. The second kappa shape index (κ2) is 11.5. The number of amides is 2. The van der Waals surface area contributed by atoms with Gasteiger partial charge in [-0.15, -0.1) is 11.8 Å². The highest BCUT2D eigenvalue weighted by molar-refractivity contribution is 8.15. The van der Waals surface area contributed by atoms with Gasteiger partial charge in [0.15, 0.2) is 5.44 Å². The molecule has 3 unspecified atom stereocenters. The minimum absolute atomic E-state index is 0.0620. The van der Waals surface area contributed by atoms with Crippen molar-refractivity contribution >= 4 is 34.7 Å². The van der Waals surface area contributed by atoms with Crippen LogP contribution in [0, 0.1) is 0 Å². The zero-order valence-corrected chi connectivity index (χ0v) is 18.4. The Morgan fingerprint density at radius 3 is 2.50 bits per heavy atom. The molecule has 160 valence electrons. The lowest BCUT2D eigenvalue weighted by Crippen LogP contribution is -2.39. The summed E-state index contributed by atoms with van der Waals surface area (Å²) >= 11 is 2.51. The SMILES string of the molecule is CC(COC1SC(=O)N(Cc2ccccc2)C1=O)NCC(O)CSc1ccccc1. The summed E-state index contributed by atoms with van der Waals surface area (Å²) in [4.78, 5) is 27.0. The number of rotatable bonds is 11. The van der Waals surface area contributed by atoms with E-state index in [1.54, 1.807) is 11.8 Å². The van der Waals surface area contributed by atoms with E-state index in [1.807, 2.05) is 67.6 Å². The summed E-state index contributed by atoms with van der Waals surface area (Å²) in [6.07, 6.45) is -0.497. The number of imide groups is 1. The Morgan fingerprint density at radius 1 is 1.13 bits per heavy atom. The maximum atomic E-state index is 12.5.